The number of hydrogen-bond acceptors (Lipinski definition) is 7. The van der Waals surface area contributed by atoms with Crippen LogP contribution in [0.4, 0.5) is 5.82 Å². The van der Waals surface area contributed by atoms with Crippen molar-refractivity contribution in [1.29, 1.82) is 0 Å². The van der Waals surface area contributed by atoms with Gasteiger partial charge in [0, 0.05) is 36.4 Å². The highest BCUT2D eigenvalue weighted by atomic mass is 79.9. The summed E-state index contributed by atoms with van der Waals surface area (Å²) < 4.78 is 2.17. The maximum Gasteiger partial charge on any atom is 0.248 e. The molecule has 0 bridgehead atoms. The van der Waals surface area contributed by atoms with Gasteiger partial charge < -0.3 is 10.2 Å². The van der Waals surface area contributed by atoms with Crippen LogP contribution in [0.15, 0.2) is 53.4 Å². The SMILES string of the molecule is CC(=O)c1nn(CC(=O)N2C[Si](C)(C)CC2C(=O)Nc2cccc(Br)n2)c2ccc(-c3cnc(C)nc3)cc12. The van der Waals surface area contributed by atoms with Crippen molar-refractivity contribution in [2.75, 3.05) is 11.5 Å². The van der Waals surface area contributed by atoms with E-state index in [1.807, 2.05) is 25.1 Å². The van der Waals surface area contributed by atoms with Gasteiger partial charge in [0.05, 0.1) is 13.6 Å². The molecule has 1 atom stereocenters. The number of rotatable bonds is 6. The summed E-state index contributed by atoms with van der Waals surface area (Å²) >= 11 is 3.32. The van der Waals surface area contributed by atoms with Crippen molar-refractivity contribution in [2.45, 2.75) is 45.6 Å². The Balaban J connectivity index is 1.43. The van der Waals surface area contributed by atoms with Crippen molar-refractivity contribution in [1.82, 2.24) is 29.6 Å². The molecule has 39 heavy (non-hydrogen) atoms. The van der Waals surface area contributed by atoms with E-state index in [1.54, 1.807) is 40.2 Å². The summed E-state index contributed by atoms with van der Waals surface area (Å²) in [6.07, 6.45) is 4.03. The van der Waals surface area contributed by atoms with E-state index in [4.69, 9.17) is 0 Å². The van der Waals surface area contributed by atoms with E-state index in [2.05, 4.69) is 54.4 Å². The summed E-state index contributed by atoms with van der Waals surface area (Å²) in [6.45, 7) is 7.54. The van der Waals surface area contributed by atoms with Gasteiger partial charge in [0.25, 0.3) is 0 Å². The van der Waals surface area contributed by atoms with Crippen molar-refractivity contribution >= 4 is 58.3 Å². The number of carbonyl (C=O) groups is 3. The number of Topliss-reactive ketones (excluding diaryl/α,β-unsaturated/α-hetero) is 1. The molecule has 1 N–H and O–H groups in total. The lowest BCUT2D eigenvalue weighted by Gasteiger charge is -2.24. The Bertz CT molecular complexity index is 1600. The topological polar surface area (TPSA) is 123 Å². The highest BCUT2D eigenvalue weighted by Crippen LogP contribution is 2.30. The van der Waals surface area contributed by atoms with Gasteiger partial charge in [0.1, 0.15) is 34.5 Å². The normalized spacial score (nSPS) is 16.4. The Labute approximate surface area is 235 Å². The number of amides is 2. The second kappa shape index (κ2) is 10.4. The molecule has 4 aromatic rings. The van der Waals surface area contributed by atoms with E-state index >= 15 is 0 Å². The lowest BCUT2D eigenvalue weighted by atomic mass is 10.0. The molecule has 0 saturated carbocycles. The predicted molar refractivity (Wildman–Crippen MR) is 154 cm³/mol. The van der Waals surface area contributed by atoms with E-state index in [0.717, 1.165) is 11.1 Å². The third-order valence-corrected chi connectivity index (χ3v) is 9.92. The molecule has 1 aromatic carbocycles. The van der Waals surface area contributed by atoms with Gasteiger partial charge in [-0.3, -0.25) is 19.1 Å². The van der Waals surface area contributed by atoms with Crippen LogP contribution in [0, 0.1) is 6.92 Å². The fraction of sp³-hybridized carbons (Fsp3) is 0.296. The summed E-state index contributed by atoms with van der Waals surface area (Å²) in [5.74, 6) is 0.422. The molecule has 1 saturated heterocycles. The minimum absolute atomic E-state index is 0.0832. The van der Waals surface area contributed by atoms with Gasteiger partial charge in [-0.15, -0.1) is 0 Å². The maximum absolute atomic E-state index is 13.6. The fourth-order valence-corrected chi connectivity index (χ4v) is 8.20. The monoisotopic (exact) mass is 605 g/mol. The zero-order valence-corrected chi connectivity index (χ0v) is 24.7. The van der Waals surface area contributed by atoms with Crippen molar-refractivity contribution in [2.24, 2.45) is 0 Å². The smallest absolute Gasteiger partial charge is 0.248 e. The molecule has 10 nitrogen and oxygen atoms in total. The fourth-order valence-electron chi connectivity index (χ4n) is 4.95. The van der Waals surface area contributed by atoms with Gasteiger partial charge in [0.15, 0.2) is 5.78 Å². The molecule has 4 heterocycles. The lowest BCUT2D eigenvalue weighted by molar-refractivity contribution is -0.136. The molecule has 1 fully saturated rings. The average molecular weight is 607 g/mol. The number of ketones is 1. The number of nitrogens with zero attached hydrogens (tertiary/aromatic N) is 6. The Morgan fingerprint density at radius 2 is 1.85 bits per heavy atom. The highest BCUT2D eigenvalue weighted by molar-refractivity contribution is 9.10. The number of hydrogen-bond donors (Lipinski definition) is 1. The number of nitrogens with one attached hydrogen (secondary N) is 1. The highest BCUT2D eigenvalue weighted by Gasteiger charge is 2.45. The summed E-state index contributed by atoms with van der Waals surface area (Å²) in [6, 6.07) is 11.0. The number of fused-ring (bicyclic) bond motifs is 1. The first-order valence-electron chi connectivity index (χ1n) is 12.5. The molecular weight excluding hydrogens is 578 g/mol. The Hall–Kier alpha value is -3.77. The van der Waals surface area contributed by atoms with E-state index in [9.17, 15) is 14.4 Å². The van der Waals surface area contributed by atoms with Crippen molar-refractivity contribution in [3.63, 3.8) is 0 Å². The van der Waals surface area contributed by atoms with Crippen LogP contribution < -0.4 is 5.32 Å². The molecular formula is C27H28BrN7O3Si. The van der Waals surface area contributed by atoms with Crippen LogP contribution in [-0.4, -0.2) is 67.5 Å². The van der Waals surface area contributed by atoms with Crippen molar-refractivity contribution in [3.8, 4) is 11.1 Å². The van der Waals surface area contributed by atoms with Crippen LogP contribution in [0.2, 0.25) is 19.1 Å². The maximum atomic E-state index is 13.6. The summed E-state index contributed by atoms with van der Waals surface area (Å²) in [5, 5.41) is 8.03. The molecule has 1 aliphatic heterocycles. The molecule has 12 heteroatoms. The lowest BCUT2D eigenvalue weighted by Crippen LogP contribution is -2.45. The molecule has 2 amide bonds. The summed E-state index contributed by atoms with van der Waals surface area (Å²) in [7, 11) is -1.83. The summed E-state index contributed by atoms with van der Waals surface area (Å²) in [5.41, 5.74) is 2.62. The van der Waals surface area contributed by atoms with E-state index in [-0.39, 0.29) is 24.1 Å². The molecule has 0 spiro atoms. The standard InChI is InChI=1S/C27H28BrN7O3Si/c1-16(36)26-20-10-18(19-11-29-17(2)30-12-19)8-9-21(20)35(33-26)13-25(37)34-15-39(3,4)14-22(34)27(38)32-24-7-5-6-23(28)31-24/h5-12,22H,13-15H2,1-4H3,(H,31,32,38). The zero-order chi connectivity index (χ0) is 27.9. The Kier molecular flexibility index (Phi) is 7.16. The van der Waals surface area contributed by atoms with Gasteiger partial charge in [0.2, 0.25) is 11.8 Å². The number of carbonyl (C=O) groups excluding carboxylic acids is 3. The first-order valence-corrected chi connectivity index (χ1v) is 16.7. The van der Waals surface area contributed by atoms with Gasteiger partial charge >= 0.3 is 0 Å². The minimum atomic E-state index is -1.83. The number of pyridine rings is 1. The number of aromatic nitrogens is 5. The van der Waals surface area contributed by atoms with Crippen LogP contribution in [0.3, 0.4) is 0 Å². The quantitative estimate of drug-likeness (QED) is 0.198. The second-order valence-corrected chi connectivity index (χ2v) is 16.4. The molecule has 1 unspecified atom stereocenters. The minimum Gasteiger partial charge on any atom is -0.332 e. The number of aryl methyl sites for hydroxylation is 1. The van der Waals surface area contributed by atoms with Crippen molar-refractivity contribution in [3.05, 3.63) is 64.9 Å². The van der Waals surface area contributed by atoms with Gasteiger partial charge in [-0.1, -0.05) is 25.2 Å². The average Bonchev–Trinajstić information content (AvgIpc) is 3.41. The van der Waals surface area contributed by atoms with Gasteiger partial charge in [-0.2, -0.15) is 5.10 Å². The van der Waals surface area contributed by atoms with Crippen LogP contribution in [0.25, 0.3) is 22.0 Å². The first-order chi connectivity index (χ1) is 18.5. The number of halogens is 1. The third-order valence-electron chi connectivity index (χ3n) is 6.79. The Morgan fingerprint density at radius 1 is 1.10 bits per heavy atom. The molecule has 1 aliphatic rings. The van der Waals surface area contributed by atoms with Gasteiger partial charge in [-0.05, 0) is 58.7 Å². The van der Waals surface area contributed by atoms with Crippen molar-refractivity contribution < 1.29 is 14.4 Å². The number of benzene rings is 1. The van der Waals surface area contributed by atoms with Gasteiger partial charge in [-0.25, -0.2) is 15.0 Å². The third kappa shape index (κ3) is 5.66. The van der Waals surface area contributed by atoms with Crippen LogP contribution >= 0.6 is 15.9 Å². The van der Waals surface area contributed by atoms with E-state index in [0.29, 0.717) is 45.1 Å². The molecule has 200 valence electrons. The van der Waals surface area contributed by atoms with Crippen LogP contribution in [0.1, 0.15) is 23.2 Å². The molecule has 0 aliphatic carbocycles. The second-order valence-electron chi connectivity index (χ2n) is 10.6. The summed E-state index contributed by atoms with van der Waals surface area (Å²) in [4.78, 5) is 53.9. The molecule has 3 aromatic heterocycles. The first kappa shape index (κ1) is 26.8. The van der Waals surface area contributed by atoms with E-state index in [1.165, 1.54) is 6.92 Å². The van der Waals surface area contributed by atoms with Crippen LogP contribution in [-0.2, 0) is 16.1 Å². The number of anilines is 1. The zero-order valence-electron chi connectivity index (χ0n) is 22.1. The largest absolute Gasteiger partial charge is 0.332 e. The van der Waals surface area contributed by atoms with E-state index < -0.39 is 14.1 Å². The van der Waals surface area contributed by atoms with Crippen LogP contribution in [0.5, 0.6) is 0 Å². The molecule has 5 rings (SSSR count). The predicted octanol–water partition coefficient (Wildman–Crippen LogP) is 4.26. The Morgan fingerprint density at radius 3 is 2.54 bits per heavy atom. The molecule has 0 radical (unpaired) electrons.